The lowest BCUT2D eigenvalue weighted by atomic mass is 10.0. The lowest BCUT2D eigenvalue weighted by molar-refractivity contribution is 0.0179. The van der Waals surface area contributed by atoms with Crippen LogP contribution < -0.4 is 20.1 Å². The molecule has 178 valence electrons. The molecule has 1 saturated heterocycles. The van der Waals surface area contributed by atoms with Gasteiger partial charge in [-0.05, 0) is 36.8 Å². The van der Waals surface area contributed by atoms with Gasteiger partial charge in [0.15, 0.2) is 17.5 Å². The average molecular weight is 558 g/mol. The van der Waals surface area contributed by atoms with E-state index < -0.39 is 0 Å². The lowest BCUT2D eigenvalue weighted by Gasteiger charge is -2.34. The molecule has 3 rings (SSSR count). The van der Waals surface area contributed by atoms with E-state index in [-0.39, 0.29) is 30.0 Å². The van der Waals surface area contributed by atoms with E-state index in [1.165, 1.54) is 0 Å². The molecule has 1 atom stereocenters. The summed E-state index contributed by atoms with van der Waals surface area (Å²) < 4.78 is 21.9. The number of methoxy groups -OCH3 is 2. The number of furan rings is 1. The minimum Gasteiger partial charge on any atom is -0.493 e. The maximum atomic E-state index is 5.56. The third kappa shape index (κ3) is 7.56. The molecule has 2 aromatic rings. The van der Waals surface area contributed by atoms with E-state index in [0.29, 0.717) is 6.54 Å². The van der Waals surface area contributed by atoms with Gasteiger partial charge < -0.3 is 29.3 Å². The van der Waals surface area contributed by atoms with Gasteiger partial charge in [-0.15, -0.1) is 24.0 Å². The first kappa shape index (κ1) is 26.3. The number of halogens is 1. The quantitative estimate of drug-likeness (QED) is 0.264. The highest BCUT2D eigenvalue weighted by Crippen LogP contribution is 2.32. The first-order chi connectivity index (χ1) is 15.2. The number of nitrogens with zero attached hydrogens (tertiary/aromatic N) is 2. The number of guanidine groups is 1. The second-order valence-electron chi connectivity index (χ2n) is 7.25. The van der Waals surface area contributed by atoms with Crippen molar-refractivity contribution >= 4 is 29.9 Å². The Morgan fingerprint density at radius 3 is 2.56 bits per heavy atom. The van der Waals surface area contributed by atoms with E-state index in [1.54, 1.807) is 20.5 Å². The number of benzene rings is 1. The van der Waals surface area contributed by atoms with Crippen LogP contribution in [0.1, 0.15) is 24.3 Å². The molecule has 2 N–H and O–H groups in total. The van der Waals surface area contributed by atoms with Crippen molar-refractivity contribution in [3.8, 4) is 11.5 Å². The fourth-order valence-corrected chi connectivity index (χ4v) is 3.66. The van der Waals surface area contributed by atoms with Gasteiger partial charge in [0.05, 0.1) is 46.3 Å². The second-order valence-corrected chi connectivity index (χ2v) is 7.25. The average Bonchev–Trinajstić information content (AvgIpc) is 3.33. The fraction of sp³-hybridized carbons (Fsp3) is 0.522. The van der Waals surface area contributed by atoms with Gasteiger partial charge in [0.2, 0.25) is 0 Å². The topological polar surface area (TPSA) is 80.5 Å². The largest absolute Gasteiger partial charge is 0.493 e. The molecule has 0 bridgehead atoms. The summed E-state index contributed by atoms with van der Waals surface area (Å²) in [4.78, 5) is 7.31. The van der Waals surface area contributed by atoms with Gasteiger partial charge in [0.1, 0.15) is 5.76 Å². The van der Waals surface area contributed by atoms with Gasteiger partial charge in [0.25, 0.3) is 0 Å². The van der Waals surface area contributed by atoms with Gasteiger partial charge in [-0.25, -0.2) is 0 Å². The van der Waals surface area contributed by atoms with E-state index in [1.807, 2.05) is 24.3 Å². The SMILES string of the molecule is CCNC(=NCC(c1ccc(OC)c(OC)c1)N1CCOCC1)NCCc1ccco1.I. The molecule has 2 heterocycles. The van der Waals surface area contributed by atoms with Gasteiger partial charge >= 0.3 is 0 Å². The molecule has 1 aromatic carbocycles. The van der Waals surface area contributed by atoms with Crippen LogP contribution in [-0.4, -0.2) is 71.0 Å². The van der Waals surface area contributed by atoms with Crippen molar-refractivity contribution < 1.29 is 18.6 Å². The van der Waals surface area contributed by atoms with Crippen LogP contribution in [0.25, 0.3) is 0 Å². The predicted molar refractivity (Wildman–Crippen MR) is 136 cm³/mol. The summed E-state index contributed by atoms with van der Waals surface area (Å²) in [5.41, 5.74) is 1.15. The van der Waals surface area contributed by atoms with Crippen molar-refractivity contribution in [1.29, 1.82) is 0 Å². The van der Waals surface area contributed by atoms with Crippen LogP contribution >= 0.6 is 24.0 Å². The third-order valence-electron chi connectivity index (χ3n) is 5.29. The molecule has 0 spiro atoms. The summed E-state index contributed by atoms with van der Waals surface area (Å²) >= 11 is 0. The Bertz CT molecular complexity index is 810. The molecule has 0 aliphatic carbocycles. The van der Waals surface area contributed by atoms with E-state index in [2.05, 4.69) is 28.5 Å². The van der Waals surface area contributed by atoms with Crippen LogP contribution in [0.4, 0.5) is 0 Å². The zero-order valence-corrected chi connectivity index (χ0v) is 21.5. The molecular weight excluding hydrogens is 523 g/mol. The fourth-order valence-electron chi connectivity index (χ4n) is 3.66. The summed E-state index contributed by atoms with van der Waals surface area (Å²) in [5, 5.41) is 6.73. The molecule has 1 aliphatic heterocycles. The second kappa shape index (κ2) is 14.2. The monoisotopic (exact) mass is 558 g/mol. The number of ether oxygens (including phenoxy) is 3. The van der Waals surface area contributed by atoms with E-state index in [9.17, 15) is 0 Å². The normalized spacial score (nSPS) is 15.5. The van der Waals surface area contributed by atoms with Crippen LogP contribution in [-0.2, 0) is 11.2 Å². The summed E-state index contributed by atoms with van der Waals surface area (Å²) in [5.74, 6) is 3.21. The van der Waals surface area contributed by atoms with Crippen molar-refractivity contribution in [2.24, 2.45) is 4.99 Å². The van der Waals surface area contributed by atoms with Crippen molar-refractivity contribution in [1.82, 2.24) is 15.5 Å². The molecule has 1 aromatic heterocycles. The summed E-state index contributed by atoms with van der Waals surface area (Å²) in [6.07, 6.45) is 2.50. The smallest absolute Gasteiger partial charge is 0.191 e. The minimum atomic E-state index is 0. The molecule has 32 heavy (non-hydrogen) atoms. The van der Waals surface area contributed by atoms with Crippen LogP contribution in [0.5, 0.6) is 11.5 Å². The summed E-state index contributed by atoms with van der Waals surface area (Å²) in [7, 11) is 3.31. The molecule has 9 heteroatoms. The number of morpholine rings is 1. The third-order valence-corrected chi connectivity index (χ3v) is 5.29. The van der Waals surface area contributed by atoms with E-state index in [0.717, 1.165) is 74.6 Å². The number of nitrogens with one attached hydrogen (secondary N) is 2. The van der Waals surface area contributed by atoms with Crippen LogP contribution in [0.2, 0.25) is 0 Å². The molecule has 1 fully saturated rings. The Morgan fingerprint density at radius 2 is 1.91 bits per heavy atom. The predicted octanol–water partition coefficient (Wildman–Crippen LogP) is 3.09. The maximum absolute atomic E-state index is 5.56. The first-order valence-electron chi connectivity index (χ1n) is 10.8. The minimum absolute atomic E-state index is 0. The van der Waals surface area contributed by atoms with Crippen molar-refractivity contribution in [3.05, 3.63) is 47.9 Å². The zero-order valence-electron chi connectivity index (χ0n) is 19.1. The molecule has 1 unspecified atom stereocenters. The summed E-state index contributed by atoms with van der Waals surface area (Å²) in [6.45, 7) is 7.43. The zero-order chi connectivity index (χ0) is 21.9. The van der Waals surface area contributed by atoms with E-state index in [4.69, 9.17) is 23.6 Å². The Labute approximate surface area is 207 Å². The van der Waals surface area contributed by atoms with Crippen molar-refractivity contribution in [3.63, 3.8) is 0 Å². The molecule has 0 radical (unpaired) electrons. The Hall–Kier alpha value is -1.98. The van der Waals surface area contributed by atoms with Crippen LogP contribution in [0, 0.1) is 0 Å². The number of aliphatic imine (C=N–C) groups is 1. The maximum Gasteiger partial charge on any atom is 0.191 e. The summed E-state index contributed by atoms with van der Waals surface area (Å²) in [6, 6.07) is 10.1. The first-order valence-corrected chi connectivity index (χ1v) is 10.8. The van der Waals surface area contributed by atoms with Gasteiger partial charge in [-0.1, -0.05) is 6.07 Å². The van der Waals surface area contributed by atoms with E-state index >= 15 is 0 Å². The van der Waals surface area contributed by atoms with Crippen LogP contribution in [0.3, 0.4) is 0 Å². The number of hydrogen-bond donors (Lipinski definition) is 2. The van der Waals surface area contributed by atoms with Gasteiger partial charge in [0, 0.05) is 32.6 Å². The highest BCUT2D eigenvalue weighted by atomic mass is 127. The van der Waals surface area contributed by atoms with Crippen LogP contribution in [0.15, 0.2) is 46.0 Å². The lowest BCUT2D eigenvalue weighted by Crippen LogP contribution is -2.42. The molecule has 0 saturated carbocycles. The van der Waals surface area contributed by atoms with Crippen molar-refractivity contribution in [2.75, 3.05) is 60.2 Å². The van der Waals surface area contributed by atoms with Gasteiger partial charge in [-0.3, -0.25) is 9.89 Å². The molecule has 1 aliphatic rings. The van der Waals surface area contributed by atoms with Gasteiger partial charge in [-0.2, -0.15) is 0 Å². The number of rotatable bonds is 10. The standard InChI is InChI=1S/C23H34N4O4.HI/c1-4-24-23(25-10-9-19-6-5-13-31-19)26-17-20(27-11-14-30-15-12-27)18-7-8-21(28-2)22(16-18)29-3;/h5-8,13,16,20H,4,9-12,14-15,17H2,1-3H3,(H2,24,25,26);1H. The Kier molecular flexibility index (Phi) is 11.7. The Morgan fingerprint density at radius 1 is 1.12 bits per heavy atom. The highest BCUT2D eigenvalue weighted by molar-refractivity contribution is 14.0. The number of hydrogen-bond acceptors (Lipinski definition) is 6. The molecular formula is C23H35IN4O4. The Balaban J connectivity index is 0.00000363. The highest BCUT2D eigenvalue weighted by Gasteiger charge is 2.24. The molecule has 8 nitrogen and oxygen atoms in total. The molecule has 0 amide bonds. The van der Waals surface area contributed by atoms with Crippen molar-refractivity contribution in [2.45, 2.75) is 19.4 Å².